The highest BCUT2D eigenvalue weighted by Gasteiger charge is 2.09. The van der Waals surface area contributed by atoms with Crippen molar-refractivity contribution in [3.8, 4) is 11.5 Å². The predicted octanol–water partition coefficient (Wildman–Crippen LogP) is 4.18. The van der Waals surface area contributed by atoms with E-state index in [1.807, 2.05) is 12.1 Å². The van der Waals surface area contributed by atoms with E-state index in [0.717, 1.165) is 23.8 Å². The third-order valence-corrected chi connectivity index (χ3v) is 5.22. The van der Waals surface area contributed by atoms with Crippen molar-refractivity contribution in [2.24, 2.45) is 4.99 Å². The summed E-state index contributed by atoms with van der Waals surface area (Å²) in [4.78, 5) is 10.2. The first-order valence-corrected chi connectivity index (χ1v) is 9.53. The fourth-order valence-electron chi connectivity index (χ4n) is 2.53. The topological polar surface area (TPSA) is 62.5 Å². The molecule has 1 unspecified atom stereocenters. The molecule has 2 heterocycles. The second kappa shape index (κ2) is 8.67. The molecule has 0 fully saturated rings. The van der Waals surface area contributed by atoms with E-state index in [9.17, 15) is 0 Å². The van der Waals surface area contributed by atoms with Crippen LogP contribution < -0.4 is 10.6 Å². The maximum Gasteiger partial charge on any atom is 0.226 e. The largest absolute Gasteiger partial charge is 0.444 e. The molecule has 0 saturated carbocycles. The van der Waals surface area contributed by atoms with Gasteiger partial charge in [0.25, 0.3) is 0 Å². The van der Waals surface area contributed by atoms with Gasteiger partial charge in [-0.1, -0.05) is 30.7 Å². The highest BCUT2D eigenvalue weighted by molar-refractivity contribution is 7.10. The average molecular weight is 369 g/mol. The van der Waals surface area contributed by atoms with E-state index in [4.69, 9.17) is 4.42 Å². The Bertz CT molecular complexity index is 837. The third kappa shape index (κ3) is 4.73. The smallest absolute Gasteiger partial charge is 0.226 e. The lowest BCUT2D eigenvalue weighted by Gasteiger charge is -2.14. The molecule has 136 valence electrons. The van der Waals surface area contributed by atoms with Crippen LogP contribution in [0, 0.1) is 6.92 Å². The summed E-state index contributed by atoms with van der Waals surface area (Å²) in [6.07, 6.45) is 1.68. The summed E-state index contributed by atoms with van der Waals surface area (Å²) in [6, 6.07) is 12.4. The van der Waals surface area contributed by atoms with Crippen molar-refractivity contribution < 1.29 is 4.42 Å². The summed E-state index contributed by atoms with van der Waals surface area (Å²) in [5.74, 6) is 1.83. The van der Waals surface area contributed by atoms with Crippen molar-refractivity contribution in [1.29, 1.82) is 0 Å². The van der Waals surface area contributed by atoms with Crippen LogP contribution in [0.3, 0.4) is 0 Å². The second-order valence-corrected chi connectivity index (χ2v) is 7.21. The van der Waals surface area contributed by atoms with Gasteiger partial charge in [0.2, 0.25) is 5.89 Å². The number of nitrogens with one attached hydrogen (secondary N) is 2. The molecule has 2 aromatic heterocycles. The van der Waals surface area contributed by atoms with E-state index in [2.05, 4.69) is 64.1 Å². The van der Waals surface area contributed by atoms with E-state index in [0.29, 0.717) is 18.4 Å². The Hall–Kier alpha value is -2.60. The Balaban J connectivity index is 1.52. The maximum atomic E-state index is 5.59. The minimum Gasteiger partial charge on any atom is -0.444 e. The van der Waals surface area contributed by atoms with Crippen molar-refractivity contribution in [3.05, 3.63) is 64.2 Å². The molecular formula is C20H24N4OS. The summed E-state index contributed by atoms with van der Waals surface area (Å²) < 4.78 is 5.59. The van der Waals surface area contributed by atoms with Crippen LogP contribution in [0.5, 0.6) is 0 Å². The van der Waals surface area contributed by atoms with Gasteiger partial charge in [-0.15, -0.1) is 11.3 Å². The molecule has 26 heavy (non-hydrogen) atoms. The van der Waals surface area contributed by atoms with Crippen LogP contribution in [-0.2, 0) is 6.54 Å². The molecule has 0 saturated heterocycles. The monoisotopic (exact) mass is 368 g/mol. The Morgan fingerprint density at radius 2 is 2.04 bits per heavy atom. The van der Waals surface area contributed by atoms with E-state index >= 15 is 0 Å². The van der Waals surface area contributed by atoms with Gasteiger partial charge in [-0.05, 0) is 30.5 Å². The fourth-order valence-corrected chi connectivity index (χ4v) is 3.32. The predicted molar refractivity (Wildman–Crippen MR) is 108 cm³/mol. The van der Waals surface area contributed by atoms with E-state index < -0.39 is 0 Å². The fraction of sp³-hybridized carbons (Fsp3) is 0.300. The number of oxazole rings is 1. The van der Waals surface area contributed by atoms with Crippen LogP contribution in [0.4, 0.5) is 0 Å². The first kappa shape index (κ1) is 18.2. The Labute approximate surface area is 158 Å². The van der Waals surface area contributed by atoms with Crippen LogP contribution in [0.15, 0.2) is 57.5 Å². The lowest BCUT2D eigenvalue weighted by Crippen LogP contribution is -2.38. The number of aliphatic imine (C=N–C) groups is 1. The van der Waals surface area contributed by atoms with E-state index in [1.165, 1.54) is 10.4 Å². The molecule has 0 bridgehead atoms. The summed E-state index contributed by atoms with van der Waals surface area (Å²) in [5, 5.41) is 8.75. The van der Waals surface area contributed by atoms with Gasteiger partial charge in [0.15, 0.2) is 5.96 Å². The molecule has 0 aliphatic rings. The number of benzene rings is 1. The Morgan fingerprint density at radius 3 is 2.73 bits per heavy atom. The number of guanidine groups is 1. The van der Waals surface area contributed by atoms with Crippen LogP contribution in [-0.4, -0.2) is 24.5 Å². The van der Waals surface area contributed by atoms with Crippen LogP contribution >= 0.6 is 11.3 Å². The normalized spacial score (nSPS) is 12.8. The van der Waals surface area contributed by atoms with E-state index in [1.54, 1.807) is 24.6 Å². The molecule has 0 amide bonds. The molecule has 5 nitrogen and oxygen atoms in total. The lowest BCUT2D eigenvalue weighted by atomic mass is 10.1. The molecular weight excluding hydrogens is 344 g/mol. The lowest BCUT2D eigenvalue weighted by molar-refractivity contribution is 0.572. The molecule has 6 heteroatoms. The number of thiophene rings is 1. The third-order valence-electron chi connectivity index (χ3n) is 4.12. The minimum absolute atomic E-state index is 0.439. The standard InChI is InChI=1S/C20H24N4OS/c1-14-6-8-16(9-7-14)19-24-17(13-25-19)12-23-20(21-3)22-11-15(2)18-5-4-10-26-18/h4-10,13,15H,11-12H2,1-3H3,(H2,21,22,23). The van der Waals surface area contributed by atoms with Gasteiger partial charge in [0, 0.05) is 30.0 Å². The first-order chi connectivity index (χ1) is 12.7. The van der Waals surface area contributed by atoms with Crippen molar-refractivity contribution in [1.82, 2.24) is 15.6 Å². The minimum atomic E-state index is 0.439. The zero-order chi connectivity index (χ0) is 18.4. The maximum absolute atomic E-state index is 5.59. The van der Waals surface area contributed by atoms with Gasteiger partial charge in [-0.2, -0.15) is 0 Å². The molecule has 0 aliphatic carbocycles. The van der Waals surface area contributed by atoms with Gasteiger partial charge in [-0.3, -0.25) is 4.99 Å². The number of rotatable bonds is 6. The van der Waals surface area contributed by atoms with Crippen LogP contribution in [0.2, 0.25) is 0 Å². The van der Waals surface area contributed by atoms with Crippen molar-refractivity contribution in [2.45, 2.75) is 26.3 Å². The molecule has 1 atom stereocenters. The SMILES string of the molecule is CN=C(NCc1coc(-c2ccc(C)cc2)n1)NCC(C)c1cccs1. The molecule has 0 spiro atoms. The number of hydrogen-bond acceptors (Lipinski definition) is 4. The average Bonchev–Trinajstić information content (AvgIpc) is 3.34. The zero-order valence-electron chi connectivity index (χ0n) is 15.3. The highest BCUT2D eigenvalue weighted by Crippen LogP contribution is 2.20. The molecule has 0 radical (unpaired) electrons. The quantitative estimate of drug-likeness (QED) is 0.506. The molecule has 3 aromatic rings. The molecule has 2 N–H and O–H groups in total. The zero-order valence-corrected chi connectivity index (χ0v) is 16.1. The first-order valence-electron chi connectivity index (χ1n) is 8.65. The Kier molecular flexibility index (Phi) is 6.07. The summed E-state index contributed by atoms with van der Waals surface area (Å²) >= 11 is 1.78. The summed E-state index contributed by atoms with van der Waals surface area (Å²) in [6.45, 7) is 5.65. The van der Waals surface area contributed by atoms with Crippen LogP contribution in [0.25, 0.3) is 11.5 Å². The van der Waals surface area contributed by atoms with Crippen molar-refractivity contribution in [3.63, 3.8) is 0 Å². The van der Waals surface area contributed by atoms with Crippen molar-refractivity contribution >= 4 is 17.3 Å². The Morgan fingerprint density at radius 1 is 1.23 bits per heavy atom. The number of hydrogen-bond donors (Lipinski definition) is 2. The van der Waals surface area contributed by atoms with Gasteiger partial charge < -0.3 is 15.1 Å². The highest BCUT2D eigenvalue weighted by atomic mass is 32.1. The van der Waals surface area contributed by atoms with E-state index in [-0.39, 0.29) is 0 Å². The van der Waals surface area contributed by atoms with Gasteiger partial charge in [-0.25, -0.2) is 4.98 Å². The van der Waals surface area contributed by atoms with Gasteiger partial charge in [0.1, 0.15) is 6.26 Å². The molecule has 3 rings (SSSR count). The van der Waals surface area contributed by atoms with Gasteiger partial charge in [0.05, 0.1) is 12.2 Å². The van der Waals surface area contributed by atoms with Crippen LogP contribution in [0.1, 0.15) is 29.0 Å². The van der Waals surface area contributed by atoms with Gasteiger partial charge >= 0.3 is 0 Å². The van der Waals surface area contributed by atoms with Crippen molar-refractivity contribution in [2.75, 3.05) is 13.6 Å². The molecule has 0 aliphatic heterocycles. The molecule has 1 aromatic carbocycles. The number of nitrogens with zero attached hydrogens (tertiary/aromatic N) is 2. The summed E-state index contributed by atoms with van der Waals surface area (Å²) in [5.41, 5.74) is 3.04. The number of aryl methyl sites for hydroxylation is 1. The number of aromatic nitrogens is 1. The summed E-state index contributed by atoms with van der Waals surface area (Å²) in [7, 11) is 1.77. The second-order valence-electron chi connectivity index (χ2n) is 6.23.